The summed E-state index contributed by atoms with van der Waals surface area (Å²) in [4.78, 5) is 11.8. The lowest BCUT2D eigenvalue weighted by atomic mass is 9.86. The second-order valence-electron chi connectivity index (χ2n) is 5.78. The SMILES string of the molecule is CCOCc1cccc(N[C@H]2CC[C@H](C(=O)OCC)CC2)c1. The Bertz CT molecular complexity index is 467. The average Bonchev–Trinajstić information content (AvgIpc) is 2.54. The first-order valence-corrected chi connectivity index (χ1v) is 8.32. The van der Waals surface area contributed by atoms with Crippen LogP contribution in [0.15, 0.2) is 24.3 Å². The third kappa shape index (κ3) is 5.02. The Labute approximate surface area is 133 Å². The lowest BCUT2D eigenvalue weighted by Crippen LogP contribution is -2.30. The maximum Gasteiger partial charge on any atom is 0.308 e. The molecular formula is C18H27NO3. The number of hydrogen-bond acceptors (Lipinski definition) is 4. The van der Waals surface area contributed by atoms with E-state index in [4.69, 9.17) is 9.47 Å². The number of ether oxygens (including phenoxy) is 2. The van der Waals surface area contributed by atoms with E-state index in [0.717, 1.165) is 38.0 Å². The average molecular weight is 305 g/mol. The molecule has 122 valence electrons. The van der Waals surface area contributed by atoms with Crippen molar-refractivity contribution in [3.8, 4) is 0 Å². The molecule has 4 heteroatoms. The summed E-state index contributed by atoms with van der Waals surface area (Å²) in [6.45, 7) is 5.73. The quantitative estimate of drug-likeness (QED) is 0.779. The van der Waals surface area contributed by atoms with Gasteiger partial charge in [0, 0.05) is 18.3 Å². The van der Waals surface area contributed by atoms with Crippen LogP contribution in [0.4, 0.5) is 5.69 Å². The molecule has 0 heterocycles. The van der Waals surface area contributed by atoms with Crippen molar-refractivity contribution < 1.29 is 14.3 Å². The van der Waals surface area contributed by atoms with Gasteiger partial charge in [-0.2, -0.15) is 0 Å². The van der Waals surface area contributed by atoms with Gasteiger partial charge in [-0.05, 0) is 57.2 Å². The fraction of sp³-hybridized carbons (Fsp3) is 0.611. The van der Waals surface area contributed by atoms with Crippen molar-refractivity contribution in [3.63, 3.8) is 0 Å². The number of carbonyl (C=O) groups excluding carboxylic acids is 1. The van der Waals surface area contributed by atoms with Crippen molar-refractivity contribution in [2.75, 3.05) is 18.5 Å². The van der Waals surface area contributed by atoms with Crippen LogP contribution in [-0.2, 0) is 20.9 Å². The summed E-state index contributed by atoms with van der Waals surface area (Å²) in [5.74, 6) is 0.0574. The molecule has 1 saturated carbocycles. The Balaban J connectivity index is 1.81. The van der Waals surface area contributed by atoms with E-state index in [1.807, 2.05) is 13.8 Å². The zero-order chi connectivity index (χ0) is 15.8. The fourth-order valence-corrected chi connectivity index (χ4v) is 2.94. The zero-order valence-corrected chi connectivity index (χ0v) is 13.6. The topological polar surface area (TPSA) is 47.6 Å². The standard InChI is InChI=1S/C18H27NO3/c1-3-21-13-14-6-5-7-17(12-14)19-16-10-8-15(9-11-16)18(20)22-4-2/h5-7,12,15-16,19H,3-4,8-11,13H2,1-2H3/t15-,16-. The van der Waals surface area contributed by atoms with Crippen LogP contribution >= 0.6 is 0 Å². The highest BCUT2D eigenvalue weighted by Gasteiger charge is 2.27. The van der Waals surface area contributed by atoms with E-state index >= 15 is 0 Å². The molecule has 4 nitrogen and oxygen atoms in total. The van der Waals surface area contributed by atoms with Crippen LogP contribution in [0.25, 0.3) is 0 Å². The zero-order valence-electron chi connectivity index (χ0n) is 13.6. The molecule has 1 aliphatic rings. The molecule has 1 aromatic rings. The molecule has 1 fully saturated rings. The van der Waals surface area contributed by atoms with Crippen LogP contribution in [0.5, 0.6) is 0 Å². The van der Waals surface area contributed by atoms with E-state index in [1.165, 1.54) is 5.56 Å². The molecule has 2 rings (SSSR count). The van der Waals surface area contributed by atoms with Gasteiger partial charge in [0.1, 0.15) is 0 Å². The summed E-state index contributed by atoms with van der Waals surface area (Å²) in [5.41, 5.74) is 2.32. The van der Waals surface area contributed by atoms with Gasteiger partial charge in [-0.15, -0.1) is 0 Å². The molecule has 1 aliphatic carbocycles. The minimum atomic E-state index is -0.0281. The van der Waals surface area contributed by atoms with E-state index in [2.05, 4.69) is 29.6 Å². The van der Waals surface area contributed by atoms with Crippen molar-refractivity contribution in [3.05, 3.63) is 29.8 Å². The van der Waals surface area contributed by atoms with Gasteiger partial charge in [-0.1, -0.05) is 12.1 Å². The molecule has 0 spiro atoms. The Morgan fingerprint density at radius 1 is 1.18 bits per heavy atom. The molecule has 0 unspecified atom stereocenters. The van der Waals surface area contributed by atoms with Crippen molar-refractivity contribution in [2.24, 2.45) is 5.92 Å². The highest BCUT2D eigenvalue weighted by atomic mass is 16.5. The van der Waals surface area contributed by atoms with E-state index in [1.54, 1.807) is 0 Å². The molecule has 1 aromatic carbocycles. The second-order valence-corrected chi connectivity index (χ2v) is 5.78. The smallest absolute Gasteiger partial charge is 0.308 e. The Morgan fingerprint density at radius 2 is 1.95 bits per heavy atom. The Morgan fingerprint density at radius 3 is 2.64 bits per heavy atom. The first-order chi connectivity index (χ1) is 10.7. The summed E-state index contributed by atoms with van der Waals surface area (Å²) in [6, 6.07) is 8.81. The predicted octanol–water partition coefficient (Wildman–Crippen LogP) is 3.76. The largest absolute Gasteiger partial charge is 0.466 e. The van der Waals surface area contributed by atoms with Crippen LogP contribution in [0.3, 0.4) is 0 Å². The van der Waals surface area contributed by atoms with Gasteiger partial charge >= 0.3 is 5.97 Å². The van der Waals surface area contributed by atoms with Gasteiger partial charge < -0.3 is 14.8 Å². The van der Waals surface area contributed by atoms with Gasteiger partial charge in [0.15, 0.2) is 0 Å². The lowest BCUT2D eigenvalue weighted by Gasteiger charge is -2.28. The van der Waals surface area contributed by atoms with Crippen molar-refractivity contribution in [1.82, 2.24) is 0 Å². The van der Waals surface area contributed by atoms with Gasteiger partial charge in [0.05, 0.1) is 19.1 Å². The number of carbonyl (C=O) groups is 1. The monoisotopic (exact) mass is 305 g/mol. The Kier molecular flexibility index (Phi) is 6.72. The molecule has 0 amide bonds. The molecular weight excluding hydrogens is 278 g/mol. The first kappa shape index (κ1) is 16.8. The summed E-state index contributed by atoms with van der Waals surface area (Å²) in [5, 5.41) is 3.58. The van der Waals surface area contributed by atoms with E-state index < -0.39 is 0 Å². The highest BCUT2D eigenvalue weighted by molar-refractivity contribution is 5.72. The van der Waals surface area contributed by atoms with Crippen LogP contribution in [0, 0.1) is 5.92 Å². The Hall–Kier alpha value is -1.55. The van der Waals surface area contributed by atoms with E-state index in [9.17, 15) is 4.79 Å². The first-order valence-electron chi connectivity index (χ1n) is 8.32. The molecule has 0 aromatic heterocycles. The van der Waals surface area contributed by atoms with Gasteiger partial charge in [-0.3, -0.25) is 4.79 Å². The molecule has 0 aliphatic heterocycles. The number of nitrogens with one attached hydrogen (secondary N) is 1. The van der Waals surface area contributed by atoms with Crippen LogP contribution in [0.1, 0.15) is 45.1 Å². The number of anilines is 1. The third-order valence-electron chi connectivity index (χ3n) is 4.12. The molecule has 22 heavy (non-hydrogen) atoms. The normalized spacial score (nSPS) is 21.4. The summed E-state index contributed by atoms with van der Waals surface area (Å²) in [6.07, 6.45) is 3.85. The molecule has 0 atom stereocenters. The molecule has 0 radical (unpaired) electrons. The minimum absolute atomic E-state index is 0.0281. The minimum Gasteiger partial charge on any atom is -0.466 e. The van der Waals surface area contributed by atoms with Crippen LogP contribution in [-0.4, -0.2) is 25.2 Å². The fourth-order valence-electron chi connectivity index (χ4n) is 2.94. The van der Waals surface area contributed by atoms with Crippen molar-refractivity contribution >= 4 is 11.7 Å². The maximum atomic E-state index is 11.8. The van der Waals surface area contributed by atoms with Gasteiger partial charge in [0.25, 0.3) is 0 Å². The number of rotatable bonds is 7. The van der Waals surface area contributed by atoms with E-state index in [-0.39, 0.29) is 11.9 Å². The highest BCUT2D eigenvalue weighted by Crippen LogP contribution is 2.27. The van der Waals surface area contributed by atoms with Gasteiger partial charge in [-0.25, -0.2) is 0 Å². The molecule has 1 N–H and O–H groups in total. The van der Waals surface area contributed by atoms with Crippen LogP contribution in [0.2, 0.25) is 0 Å². The summed E-state index contributed by atoms with van der Waals surface area (Å²) in [7, 11) is 0. The number of esters is 1. The maximum absolute atomic E-state index is 11.8. The van der Waals surface area contributed by atoms with E-state index in [0.29, 0.717) is 19.3 Å². The summed E-state index contributed by atoms with van der Waals surface area (Å²) >= 11 is 0. The van der Waals surface area contributed by atoms with Gasteiger partial charge in [0.2, 0.25) is 0 Å². The third-order valence-corrected chi connectivity index (χ3v) is 4.12. The number of benzene rings is 1. The molecule has 0 bridgehead atoms. The van der Waals surface area contributed by atoms with Crippen molar-refractivity contribution in [2.45, 2.75) is 52.2 Å². The molecule has 0 saturated heterocycles. The van der Waals surface area contributed by atoms with Crippen LogP contribution < -0.4 is 5.32 Å². The number of hydrogen-bond donors (Lipinski definition) is 1. The van der Waals surface area contributed by atoms with Crippen molar-refractivity contribution in [1.29, 1.82) is 0 Å². The predicted molar refractivity (Wildman–Crippen MR) is 87.8 cm³/mol. The lowest BCUT2D eigenvalue weighted by molar-refractivity contribution is -0.149. The summed E-state index contributed by atoms with van der Waals surface area (Å²) < 4.78 is 10.6. The second kappa shape index (κ2) is 8.79.